The second-order valence-electron chi connectivity index (χ2n) is 5.89. The lowest BCUT2D eigenvalue weighted by atomic mass is 10.0. The normalized spacial score (nSPS) is 24.9. The minimum absolute atomic E-state index is 0.0239. The van der Waals surface area contributed by atoms with Crippen LogP contribution in [0, 0.1) is 5.92 Å². The first-order valence-electron chi connectivity index (χ1n) is 7.53. The monoisotopic (exact) mass is 328 g/mol. The number of nitrogens with zero attached hydrogens (tertiary/aromatic N) is 1. The van der Waals surface area contributed by atoms with E-state index in [1.54, 1.807) is 11.3 Å². The standard InChI is InChI=1S/C14H20N2O3S2/c17-13(10-7-8-21(18,19)9-10)16-14-15-11-5-3-1-2-4-6-12(11)20-14/h10H,1-9H2,(H,15,16,17). The van der Waals surface area contributed by atoms with Crippen molar-refractivity contribution in [1.82, 2.24) is 4.98 Å². The van der Waals surface area contributed by atoms with E-state index >= 15 is 0 Å². The zero-order chi connectivity index (χ0) is 14.9. The van der Waals surface area contributed by atoms with Crippen molar-refractivity contribution in [3.8, 4) is 0 Å². The van der Waals surface area contributed by atoms with Crippen molar-refractivity contribution < 1.29 is 13.2 Å². The molecule has 0 aromatic carbocycles. The Kier molecular flexibility index (Phi) is 4.31. The number of aryl methyl sites for hydroxylation is 2. The average Bonchev–Trinajstić information content (AvgIpc) is 2.93. The fourth-order valence-corrected chi connectivity index (χ4v) is 5.76. The van der Waals surface area contributed by atoms with E-state index in [0.29, 0.717) is 11.6 Å². The molecule has 1 fully saturated rings. The lowest BCUT2D eigenvalue weighted by molar-refractivity contribution is -0.119. The molecule has 0 radical (unpaired) electrons. The largest absolute Gasteiger partial charge is 0.302 e. The molecule has 0 bridgehead atoms. The van der Waals surface area contributed by atoms with E-state index in [1.165, 1.54) is 24.1 Å². The average molecular weight is 328 g/mol. The number of hydrogen-bond acceptors (Lipinski definition) is 5. The van der Waals surface area contributed by atoms with E-state index in [9.17, 15) is 13.2 Å². The first kappa shape index (κ1) is 15.0. The van der Waals surface area contributed by atoms with Crippen molar-refractivity contribution in [1.29, 1.82) is 0 Å². The number of aromatic nitrogens is 1. The van der Waals surface area contributed by atoms with Crippen LogP contribution < -0.4 is 5.32 Å². The summed E-state index contributed by atoms with van der Waals surface area (Å²) in [6.07, 6.45) is 7.31. The van der Waals surface area contributed by atoms with E-state index in [4.69, 9.17) is 0 Å². The molecule has 1 saturated heterocycles. The van der Waals surface area contributed by atoms with Crippen LogP contribution in [0.4, 0.5) is 5.13 Å². The molecule has 1 N–H and O–H groups in total. The number of thiazole rings is 1. The molecular weight excluding hydrogens is 308 g/mol. The molecule has 1 aromatic heterocycles. The summed E-state index contributed by atoms with van der Waals surface area (Å²) in [5.41, 5.74) is 1.12. The van der Waals surface area contributed by atoms with Gasteiger partial charge in [0.1, 0.15) is 0 Å². The van der Waals surface area contributed by atoms with Gasteiger partial charge in [-0.05, 0) is 32.1 Å². The van der Waals surface area contributed by atoms with Gasteiger partial charge >= 0.3 is 0 Å². The van der Waals surface area contributed by atoms with E-state index in [-0.39, 0.29) is 17.4 Å². The Bertz CT molecular complexity index is 611. The van der Waals surface area contributed by atoms with Crippen LogP contribution in [0.1, 0.15) is 42.7 Å². The lowest BCUT2D eigenvalue weighted by Gasteiger charge is -2.06. The first-order valence-corrected chi connectivity index (χ1v) is 10.2. The molecule has 1 aliphatic heterocycles. The quantitative estimate of drug-likeness (QED) is 0.903. The molecule has 1 atom stereocenters. The molecular formula is C14H20N2O3S2. The predicted octanol–water partition coefficient (Wildman–Crippen LogP) is 2.18. The first-order chi connectivity index (χ1) is 10.0. The lowest BCUT2D eigenvalue weighted by Crippen LogP contribution is -2.23. The smallest absolute Gasteiger partial charge is 0.230 e. The van der Waals surface area contributed by atoms with E-state index in [2.05, 4.69) is 10.3 Å². The number of rotatable bonds is 2. The van der Waals surface area contributed by atoms with Gasteiger partial charge in [-0.1, -0.05) is 12.8 Å². The Morgan fingerprint density at radius 3 is 2.67 bits per heavy atom. The highest BCUT2D eigenvalue weighted by Crippen LogP contribution is 2.29. The van der Waals surface area contributed by atoms with Gasteiger partial charge in [0, 0.05) is 4.88 Å². The van der Waals surface area contributed by atoms with Crippen molar-refractivity contribution in [2.24, 2.45) is 5.92 Å². The molecule has 7 heteroatoms. The maximum Gasteiger partial charge on any atom is 0.230 e. The number of anilines is 1. The predicted molar refractivity (Wildman–Crippen MR) is 83.4 cm³/mol. The van der Waals surface area contributed by atoms with Gasteiger partial charge < -0.3 is 5.32 Å². The van der Waals surface area contributed by atoms with Crippen molar-refractivity contribution >= 4 is 32.2 Å². The van der Waals surface area contributed by atoms with Crippen LogP contribution in [-0.2, 0) is 27.5 Å². The van der Waals surface area contributed by atoms with E-state index in [1.807, 2.05) is 0 Å². The molecule has 116 valence electrons. The summed E-state index contributed by atoms with van der Waals surface area (Å²) in [6, 6.07) is 0. The highest BCUT2D eigenvalue weighted by atomic mass is 32.2. The van der Waals surface area contributed by atoms with Crippen molar-refractivity contribution in [2.45, 2.75) is 44.9 Å². The maximum atomic E-state index is 12.1. The molecule has 2 aliphatic rings. The molecule has 0 saturated carbocycles. The minimum Gasteiger partial charge on any atom is -0.302 e. The van der Waals surface area contributed by atoms with E-state index < -0.39 is 15.8 Å². The Morgan fingerprint density at radius 1 is 1.19 bits per heavy atom. The zero-order valence-electron chi connectivity index (χ0n) is 11.9. The van der Waals surface area contributed by atoms with Crippen LogP contribution in [0.5, 0.6) is 0 Å². The summed E-state index contributed by atoms with van der Waals surface area (Å²) in [4.78, 5) is 18.0. The van der Waals surface area contributed by atoms with Crippen molar-refractivity contribution in [3.63, 3.8) is 0 Å². The number of carbonyl (C=O) groups excluding carboxylic acids is 1. The molecule has 0 spiro atoms. The molecule has 2 heterocycles. The molecule has 1 aromatic rings. The Labute approximate surface area is 129 Å². The number of nitrogens with one attached hydrogen (secondary N) is 1. The van der Waals surface area contributed by atoms with Gasteiger partial charge in [0.2, 0.25) is 5.91 Å². The van der Waals surface area contributed by atoms with Crippen LogP contribution in [0.3, 0.4) is 0 Å². The topological polar surface area (TPSA) is 76.1 Å². The highest BCUT2D eigenvalue weighted by Gasteiger charge is 2.33. The Hall–Kier alpha value is -0.950. The van der Waals surface area contributed by atoms with Crippen LogP contribution in [0.15, 0.2) is 0 Å². The Balaban J connectivity index is 1.68. The number of carbonyl (C=O) groups is 1. The second-order valence-corrected chi connectivity index (χ2v) is 9.20. The summed E-state index contributed by atoms with van der Waals surface area (Å²) in [5.74, 6) is -0.511. The number of sulfone groups is 1. The zero-order valence-corrected chi connectivity index (χ0v) is 13.6. The van der Waals surface area contributed by atoms with Gasteiger partial charge in [-0.2, -0.15) is 0 Å². The molecule has 1 unspecified atom stereocenters. The maximum absolute atomic E-state index is 12.1. The number of fused-ring (bicyclic) bond motifs is 1. The van der Waals surface area contributed by atoms with Crippen molar-refractivity contribution in [3.05, 3.63) is 10.6 Å². The molecule has 1 amide bonds. The number of amides is 1. The van der Waals surface area contributed by atoms with Gasteiger partial charge in [0.25, 0.3) is 0 Å². The third kappa shape index (κ3) is 3.63. The third-order valence-corrected chi connectivity index (χ3v) is 7.02. The number of hydrogen-bond donors (Lipinski definition) is 1. The van der Waals surface area contributed by atoms with Crippen molar-refractivity contribution in [2.75, 3.05) is 16.8 Å². The van der Waals surface area contributed by atoms with Crippen LogP contribution >= 0.6 is 11.3 Å². The summed E-state index contributed by atoms with van der Waals surface area (Å²) < 4.78 is 22.9. The molecule has 3 rings (SSSR count). The van der Waals surface area contributed by atoms with Gasteiger partial charge in [-0.15, -0.1) is 11.3 Å². The summed E-state index contributed by atoms with van der Waals surface area (Å²) in [7, 11) is -3.02. The van der Waals surface area contributed by atoms with Gasteiger partial charge in [0.05, 0.1) is 23.1 Å². The highest BCUT2D eigenvalue weighted by molar-refractivity contribution is 7.91. The molecule has 21 heavy (non-hydrogen) atoms. The molecule has 5 nitrogen and oxygen atoms in total. The van der Waals surface area contributed by atoms with Gasteiger partial charge in [-0.3, -0.25) is 4.79 Å². The fourth-order valence-electron chi connectivity index (χ4n) is 2.97. The van der Waals surface area contributed by atoms with Gasteiger partial charge in [0.15, 0.2) is 15.0 Å². The molecule has 1 aliphatic carbocycles. The summed E-state index contributed by atoms with van der Waals surface area (Å²) in [6.45, 7) is 0. The SMILES string of the molecule is O=C(Nc1nc2c(s1)CCCCCC2)C1CCS(=O)(=O)C1. The van der Waals surface area contributed by atoms with Gasteiger partial charge in [-0.25, -0.2) is 13.4 Å². The van der Waals surface area contributed by atoms with Crippen LogP contribution in [0.25, 0.3) is 0 Å². The fraction of sp³-hybridized carbons (Fsp3) is 0.714. The van der Waals surface area contributed by atoms with E-state index in [0.717, 1.165) is 25.0 Å². The summed E-state index contributed by atoms with van der Waals surface area (Å²) >= 11 is 1.55. The Morgan fingerprint density at radius 2 is 1.95 bits per heavy atom. The van der Waals surface area contributed by atoms with Crippen LogP contribution in [-0.4, -0.2) is 30.8 Å². The second kappa shape index (κ2) is 6.04. The third-order valence-electron chi connectivity index (χ3n) is 4.18. The summed E-state index contributed by atoms with van der Waals surface area (Å²) in [5, 5.41) is 3.46. The van der Waals surface area contributed by atoms with Crippen LogP contribution in [0.2, 0.25) is 0 Å². The minimum atomic E-state index is -3.02.